The van der Waals surface area contributed by atoms with E-state index in [0.717, 1.165) is 12.3 Å². The number of hydrogen-bond donors (Lipinski definition) is 0. The van der Waals surface area contributed by atoms with Gasteiger partial charge in [-0.25, -0.2) is 0 Å². The fourth-order valence-electron chi connectivity index (χ4n) is 4.19. The van der Waals surface area contributed by atoms with Gasteiger partial charge in [0.25, 0.3) is 0 Å². The summed E-state index contributed by atoms with van der Waals surface area (Å²) in [4.78, 5) is 0. The highest BCUT2D eigenvalue weighted by Crippen LogP contribution is 2.23. The second-order valence-corrected chi connectivity index (χ2v) is 8.52. The molecule has 0 aliphatic rings. The topological polar surface area (TPSA) is 18.5 Å². The average molecular weight is 385 g/mol. The highest BCUT2D eigenvalue weighted by molar-refractivity contribution is 4.61. The third-order valence-electron chi connectivity index (χ3n) is 5.99. The minimum absolute atomic E-state index is 0.00293. The number of unbranched alkanes of at least 4 members (excludes halogenated alkanes) is 12. The summed E-state index contributed by atoms with van der Waals surface area (Å²) in [5.74, 6) is 1.01. The minimum atomic E-state index is -0.00293. The Morgan fingerprint density at radius 1 is 0.444 bits per heavy atom. The molecule has 0 aromatic rings. The lowest BCUT2D eigenvalue weighted by atomic mass is 9.90. The van der Waals surface area contributed by atoms with Crippen LogP contribution in [0.15, 0.2) is 0 Å². The summed E-state index contributed by atoms with van der Waals surface area (Å²) in [6.07, 6.45) is 26.6. The van der Waals surface area contributed by atoms with Gasteiger partial charge in [0.1, 0.15) is 0 Å². The molecule has 0 aromatic carbocycles. The Hall–Kier alpha value is -0.0800. The Morgan fingerprint density at radius 3 is 1.26 bits per heavy atom. The third kappa shape index (κ3) is 19.0. The number of methoxy groups -OCH3 is 2. The van der Waals surface area contributed by atoms with Gasteiger partial charge in [-0.3, -0.25) is 0 Å². The summed E-state index contributed by atoms with van der Waals surface area (Å²) < 4.78 is 10.5. The third-order valence-corrected chi connectivity index (χ3v) is 5.99. The van der Waals surface area contributed by atoms with E-state index < -0.39 is 0 Å². The van der Waals surface area contributed by atoms with Crippen molar-refractivity contribution in [1.82, 2.24) is 0 Å². The number of ether oxygens (including phenoxy) is 2. The van der Waals surface area contributed by atoms with Crippen LogP contribution < -0.4 is 0 Å². The average Bonchev–Trinajstić information content (AvgIpc) is 2.68. The van der Waals surface area contributed by atoms with Crippen molar-refractivity contribution in [1.29, 1.82) is 0 Å². The van der Waals surface area contributed by atoms with Crippen molar-refractivity contribution in [2.75, 3.05) is 14.2 Å². The molecule has 0 radical (unpaired) electrons. The van der Waals surface area contributed by atoms with E-state index in [-0.39, 0.29) is 6.29 Å². The van der Waals surface area contributed by atoms with Gasteiger partial charge in [-0.05, 0) is 18.8 Å². The zero-order valence-corrected chi connectivity index (χ0v) is 19.4. The Labute approximate surface area is 172 Å². The molecule has 0 N–H and O–H groups in total. The van der Waals surface area contributed by atoms with E-state index in [2.05, 4.69) is 13.8 Å². The standard InChI is InChI=1S/C25H52O2/c1-5-7-8-9-11-14-17-21-24(20-6-2)22-18-15-12-10-13-16-19-23-25(26-3)27-4/h24-25H,5-23H2,1-4H3. The second kappa shape index (κ2) is 22.2. The molecule has 1 atom stereocenters. The highest BCUT2D eigenvalue weighted by atomic mass is 16.7. The SMILES string of the molecule is CCCCCCCCCC(CCC)CCCCCCCCCC(OC)OC. The molecule has 0 rings (SSSR count). The molecule has 0 saturated carbocycles. The predicted molar refractivity (Wildman–Crippen MR) is 120 cm³/mol. The van der Waals surface area contributed by atoms with Gasteiger partial charge in [-0.2, -0.15) is 0 Å². The molecule has 0 amide bonds. The molecule has 0 aliphatic carbocycles. The van der Waals surface area contributed by atoms with Crippen LogP contribution in [0.1, 0.15) is 136 Å². The van der Waals surface area contributed by atoms with E-state index in [1.807, 2.05) is 0 Å². The summed E-state index contributed by atoms with van der Waals surface area (Å²) in [5, 5.41) is 0. The zero-order valence-electron chi connectivity index (χ0n) is 19.4. The molecular formula is C25H52O2. The van der Waals surface area contributed by atoms with Crippen molar-refractivity contribution in [3.63, 3.8) is 0 Å². The quantitative estimate of drug-likeness (QED) is 0.137. The molecule has 1 unspecified atom stereocenters. The first-order valence-electron chi connectivity index (χ1n) is 12.3. The van der Waals surface area contributed by atoms with Gasteiger partial charge in [0, 0.05) is 14.2 Å². The van der Waals surface area contributed by atoms with Crippen molar-refractivity contribution in [3.05, 3.63) is 0 Å². The fraction of sp³-hybridized carbons (Fsp3) is 1.00. The van der Waals surface area contributed by atoms with Crippen LogP contribution in [0.25, 0.3) is 0 Å². The second-order valence-electron chi connectivity index (χ2n) is 8.52. The lowest BCUT2D eigenvalue weighted by Crippen LogP contribution is -2.12. The number of hydrogen-bond acceptors (Lipinski definition) is 2. The molecule has 0 heterocycles. The van der Waals surface area contributed by atoms with E-state index in [0.29, 0.717) is 0 Å². The normalized spacial score (nSPS) is 12.8. The van der Waals surface area contributed by atoms with E-state index in [9.17, 15) is 0 Å². The minimum Gasteiger partial charge on any atom is -0.356 e. The van der Waals surface area contributed by atoms with Gasteiger partial charge in [0.05, 0.1) is 0 Å². The van der Waals surface area contributed by atoms with Crippen molar-refractivity contribution in [2.45, 2.75) is 142 Å². The van der Waals surface area contributed by atoms with Crippen LogP contribution in [0.2, 0.25) is 0 Å². The van der Waals surface area contributed by atoms with Crippen LogP contribution >= 0.6 is 0 Å². The Morgan fingerprint density at radius 2 is 0.852 bits per heavy atom. The first-order valence-corrected chi connectivity index (χ1v) is 12.3. The maximum absolute atomic E-state index is 5.24. The summed E-state index contributed by atoms with van der Waals surface area (Å²) in [6.45, 7) is 4.66. The molecule has 27 heavy (non-hydrogen) atoms. The van der Waals surface area contributed by atoms with Crippen LogP contribution in [0, 0.1) is 5.92 Å². The molecule has 0 aliphatic heterocycles. The van der Waals surface area contributed by atoms with Crippen LogP contribution in [-0.2, 0) is 9.47 Å². The largest absolute Gasteiger partial charge is 0.356 e. The van der Waals surface area contributed by atoms with Crippen LogP contribution in [-0.4, -0.2) is 20.5 Å². The molecule has 0 spiro atoms. The van der Waals surface area contributed by atoms with Crippen LogP contribution in [0.3, 0.4) is 0 Å². The van der Waals surface area contributed by atoms with Crippen molar-refractivity contribution in [2.24, 2.45) is 5.92 Å². The van der Waals surface area contributed by atoms with Crippen LogP contribution in [0.5, 0.6) is 0 Å². The van der Waals surface area contributed by atoms with E-state index >= 15 is 0 Å². The maximum Gasteiger partial charge on any atom is 0.156 e. The first-order chi connectivity index (χ1) is 13.3. The molecule has 0 saturated heterocycles. The van der Waals surface area contributed by atoms with E-state index in [4.69, 9.17) is 9.47 Å². The first kappa shape index (κ1) is 26.9. The smallest absolute Gasteiger partial charge is 0.156 e. The summed E-state index contributed by atoms with van der Waals surface area (Å²) in [7, 11) is 3.46. The summed E-state index contributed by atoms with van der Waals surface area (Å²) in [5.41, 5.74) is 0. The zero-order chi connectivity index (χ0) is 20.0. The van der Waals surface area contributed by atoms with Gasteiger partial charge in [-0.1, -0.05) is 123 Å². The van der Waals surface area contributed by atoms with Gasteiger partial charge >= 0.3 is 0 Å². The molecular weight excluding hydrogens is 332 g/mol. The van der Waals surface area contributed by atoms with E-state index in [1.165, 1.54) is 116 Å². The number of rotatable bonds is 22. The summed E-state index contributed by atoms with van der Waals surface area (Å²) in [6, 6.07) is 0. The summed E-state index contributed by atoms with van der Waals surface area (Å²) >= 11 is 0. The van der Waals surface area contributed by atoms with Crippen molar-refractivity contribution in [3.8, 4) is 0 Å². The highest BCUT2D eigenvalue weighted by Gasteiger charge is 2.07. The van der Waals surface area contributed by atoms with Crippen LogP contribution in [0.4, 0.5) is 0 Å². The fourth-order valence-corrected chi connectivity index (χ4v) is 4.19. The Bertz CT molecular complexity index is 263. The van der Waals surface area contributed by atoms with Crippen molar-refractivity contribution < 1.29 is 9.47 Å². The molecule has 2 nitrogen and oxygen atoms in total. The Kier molecular flexibility index (Phi) is 22.1. The van der Waals surface area contributed by atoms with E-state index in [1.54, 1.807) is 14.2 Å². The molecule has 0 bridgehead atoms. The lowest BCUT2D eigenvalue weighted by Gasteiger charge is -2.16. The lowest BCUT2D eigenvalue weighted by molar-refractivity contribution is -0.107. The Balaban J connectivity index is 3.48. The van der Waals surface area contributed by atoms with Gasteiger partial charge in [0.2, 0.25) is 0 Å². The molecule has 2 heteroatoms. The predicted octanol–water partition coefficient (Wildman–Crippen LogP) is 8.67. The van der Waals surface area contributed by atoms with Gasteiger partial charge in [-0.15, -0.1) is 0 Å². The molecule has 164 valence electrons. The molecule has 0 aromatic heterocycles. The van der Waals surface area contributed by atoms with Crippen molar-refractivity contribution >= 4 is 0 Å². The van der Waals surface area contributed by atoms with Gasteiger partial charge in [0.15, 0.2) is 6.29 Å². The maximum atomic E-state index is 5.24. The monoisotopic (exact) mass is 384 g/mol. The molecule has 0 fully saturated rings. The van der Waals surface area contributed by atoms with Gasteiger partial charge < -0.3 is 9.47 Å².